The molecule has 1 fully saturated rings. The van der Waals surface area contributed by atoms with Crippen molar-refractivity contribution in [1.82, 2.24) is 10.2 Å². The Labute approximate surface area is 127 Å². The van der Waals surface area contributed by atoms with Crippen molar-refractivity contribution in [3.63, 3.8) is 0 Å². The normalized spacial score (nSPS) is 27.8. The van der Waals surface area contributed by atoms with Gasteiger partial charge >= 0.3 is 0 Å². The second-order valence-corrected chi connectivity index (χ2v) is 7.49. The summed E-state index contributed by atoms with van der Waals surface area (Å²) in [5, 5.41) is 3.77. The Bertz CT molecular complexity index is 262. The molecule has 0 amide bonds. The largest absolute Gasteiger partial charge is 0.313 e. The molecule has 1 rings (SSSR count). The van der Waals surface area contributed by atoms with E-state index in [9.17, 15) is 0 Å². The molecule has 0 heterocycles. The zero-order valence-electron chi connectivity index (χ0n) is 14.8. The third kappa shape index (κ3) is 5.04. The van der Waals surface area contributed by atoms with Crippen molar-refractivity contribution in [3.05, 3.63) is 0 Å². The fourth-order valence-corrected chi connectivity index (χ4v) is 3.69. The van der Waals surface area contributed by atoms with Crippen molar-refractivity contribution in [2.24, 2.45) is 5.41 Å². The molecule has 1 N–H and O–H groups in total. The van der Waals surface area contributed by atoms with Crippen LogP contribution in [0.5, 0.6) is 0 Å². The predicted octanol–water partition coefficient (Wildman–Crippen LogP) is 4.44. The summed E-state index contributed by atoms with van der Waals surface area (Å²) in [6.07, 6.45) is 7.95. The molecule has 0 spiro atoms. The third-order valence-electron chi connectivity index (χ3n) is 5.18. The molecule has 0 aliphatic heterocycles. The minimum Gasteiger partial charge on any atom is -0.313 e. The summed E-state index contributed by atoms with van der Waals surface area (Å²) in [7, 11) is 0. The molecule has 0 aromatic carbocycles. The quantitative estimate of drug-likeness (QED) is 0.708. The molecule has 120 valence electrons. The zero-order valence-corrected chi connectivity index (χ0v) is 14.8. The van der Waals surface area contributed by atoms with E-state index in [1.165, 1.54) is 45.1 Å². The lowest BCUT2D eigenvalue weighted by molar-refractivity contribution is 0.0384. The van der Waals surface area contributed by atoms with Gasteiger partial charge < -0.3 is 5.32 Å². The Balaban J connectivity index is 2.84. The van der Waals surface area contributed by atoms with E-state index >= 15 is 0 Å². The van der Waals surface area contributed by atoms with Crippen molar-refractivity contribution in [3.8, 4) is 0 Å². The summed E-state index contributed by atoms with van der Waals surface area (Å²) < 4.78 is 0. The highest BCUT2D eigenvalue weighted by Crippen LogP contribution is 2.38. The first kappa shape index (κ1) is 18.0. The maximum absolute atomic E-state index is 3.77. The molecule has 1 saturated carbocycles. The van der Waals surface area contributed by atoms with Gasteiger partial charge in [0.2, 0.25) is 0 Å². The van der Waals surface area contributed by atoms with Gasteiger partial charge in [0.15, 0.2) is 0 Å². The Morgan fingerprint density at radius 3 is 2.50 bits per heavy atom. The molecule has 0 saturated heterocycles. The van der Waals surface area contributed by atoms with Crippen LogP contribution in [0.3, 0.4) is 0 Å². The summed E-state index contributed by atoms with van der Waals surface area (Å²) in [5.74, 6) is 0. The summed E-state index contributed by atoms with van der Waals surface area (Å²) in [5.41, 5.74) is 0.508. The first-order valence-electron chi connectivity index (χ1n) is 8.94. The molecule has 0 radical (unpaired) electrons. The average molecular weight is 283 g/mol. The van der Waals surface area contributed by atoms with Crippen LogP contribution in [-0.4, -0.2) is 36.1 Å². The van der Waals surface area contributed by atoms with Gasteiger partial charge in [0, 0.05) is 18.1 Å². The standard InChI is InChI=1S/C18H38N2/c1-7-10-13-20(15(4)8-2)17-14-18(5,6)12-11-16(17)19-9-3/h15-17,19H,7-14H2,1-6H3. The Morgan fingerprint density at radius 1 is 1.25 bits per heavy atom. The van der Waals surface area contributed by atoms with Gasteiger partial charge in [0.1, 0.15) is 0 Å². The number of nitrogens with zero attached hydrogens (tertiary/aromatic N) is 1. The maximum atomic E-state index is 3.77. The van der Waals surface area contributed by atoms with Crippen LogP contribution in [0.4, 0.5) is 0 Å². The molecular weight excluding hydrogens is 244 g/mol. The summed E-state index contributed by atoms with van der Waals surface area (Å²) >= 11 is 0. The van der Waals surface area contributed by atoms with Gasteiger partial charge in [-0.1, -0.05) is 41.0 Å². The lowest BCUT2D eigenvalue weighted by Crippen LogP contribution is -2.57. The lowest BCUT2D eigenvalue weighted by atomic mass is 9.72. The number of rotatable bonds is 8. The highest BCUT2D eigenvalue weighted by atomic mass is 15.2. The molecule has 1 aliphatic carbocycles. The molecule has 3 atom stereocenters. The van der Waals surface area contributed by atoms with Gasteiger partial charge in [-0.25, -0.2) is 0 Å². The topological polar surface area (TPSA) is 15.3 Å². The van der Waals surface area contributed by atoms with Gasteiger partial charge in [0.05, 0.1) is 0 Å². The zero-order chi connectivity index (χ0) is 15.2. The number of unbranched alkanes of at least 4 members (excludes halogenated alkanes) is 1. The molecule has 20 heavy (non-hydrogen) atoms. The third-order valence-corrected chi connectivity index (χ3v) is 5.18. The number of hydrogen-bond acceptors (Lipinski definition) is 2. The van der Waals surface area contributed by atoms with Crippen LogP contribution < -0.4 is 5.32 Å². The fourth-order valence-electron chi connectivity index (χ4n) is 3.69. The predicted molar refractivity (Wildman–Crippen MR) is 90.3 cm³/mol. The Kier molecular flexibility index (Phi) is 7.53. The van der Waals surface area contributed by atoms with Crippen molar-refractivity contribution in [1.29, 1.82) is 0 Å². The molecule has 2 nitrogen and oxygen atoms in total. The summed E-state index contributed by atoms with van der Waals surface area (Å²) in [4.78, 5) is 2.82. The number of hydrogen-bond donors (Lipinski definition) is 1. The average Bonchev–Trinajstić information content (AvgIpc) is 2.41. The van der Waals surface area contributed by atoms with E-state index in [0.29, 0.717) is 17.5 Å². The highest BCUT2D eigenvalue weighted by Gasteiger charge is 2.38. The van der Waals surface area contributed by atoms with Gasteiger partial charge in [-0.05, 0) is 57.5 Å². The highest BCUT2D eigenvalue weighted by molar-refractivity contribution is 4.95. The van der Waals surface area contributed by atoms with E-state index in [2.05, 4.69) is 51.8 Å². The van der Waals surface area contributed by atoms with Crippen LogP contribution in [-0.2, 0) is 0 Å². The van der Waals surface area contributed by atoms with Gasteiger partial charge in [-0.15, -0.1) is 0 Å². The first-order chi connectivity index (χ1) is 9.45. The van der Waals surface area contributed by atoms with E-state index in [4.69, 9.17) is 0 Å². The van der Waals surface area contributed by atoms with Crippen LogP contribution in [0.2, 0.25) is 0 Å². The molecule has 3 unspecified atom stereocenters. The monoisotopic (exact) mass is 282 g/mol. The first-order valence-corrected chi connectivity index (χ1v) is 8.94. The van der Waals surface area contributed by atoms with Crippen LogP contribution in [0.25, 0.3) is 0 Å². The van der Waals surface area contributed by atoms with E-state index in [-0.39, 0.29) is 0 Å². The second-order valence-electron chi connectivity index (χ2n) is 7.49. The molecule has 0 bridgehead atoms. The van der Waals surface area contributed by atoms with Crippen molar-refractivity contribution < 1.29 is 0 Å². The Morgan fingerprint density at radius 2 is 1.95 bits per heavy atom. The van der Waals surface area contributed by atoms with Gasteiger partial charge in [-0.3, -0.25) is 4.90 Å². The minimum atomic E-state index is 0.508. The Hall–Kier alpha value is -0.0800. The van der Waals surface area contributed by atoms with Crippen LogP contribution in [0.15, 0.2) is 0 Å². The van der Waals surface area contributed by atoms with E-state index in [1.807, 2.05) is 0 Å². The summed E-state index contributed by atoms with van der Waals surface area (Å²) in [6, 6.07) is 2.13. The van der Waals surface area contributed by atoms with E-state index < -0.39 is 0 Å². The molecule has 2 heteroatoms. The van der Waals surface area contributed by atoms with Crippen molar-refractivity contribution in [2.45, 2.75) is 98.2 Å². The van der Waals surface area contributed by atoms with Gasteiger partial charge in [0.25, 0.3) is 0 Å². The second kappa shape index (κ2) is 8.38. The SMILES string of the molecule is CCCCN(C(C)CC)C1CC(C)(C)CCC1NCC. The molecule has 0 aromatic heterocycles. The molecular formula is C18H38N2. The van der Waals surface area contributed by atoms with Gasteiger partial charge in [-0.2, -0.15) is 0 Å². The summed E-state index contributed by atoms with van der Waals surface area (Å²) in [6.45, 7) is 16.6. The molecule has 1 aliphatic rings. The maximum Gasteiger partial charge on any atom is 0.0257 e. The van der Waals surface area contributed by atoms with Crippen molar-refractivity contribution >= 4 is 0 Å². The molecule has 0 aromatic rings. The van der Waals surface area contributed by atoms with Crippen LogP contribution in [0, 0.1) is 5.41 Å². The number of likely N-dealkylation sites (N-methyl/N-ethyl adjacent to an activating group) is 1. The smallest absolute Gasteiger partial charge is 0.0257 e. The lowest BCUT2D eigenvalue weighted by Gasteiger charge is -2.48. The van der Waals surface area contributed by atoms with Crippen LogP contribution in [0.1, 0.15) is 80.1 Å². The van der Waals surface area contributed by atoms with Crippen molar-refractivity contribution in [2.75, 3.05) is 13.1 Å². The van der Waals surface area contributed by atoms with E-state index in [0.717, 1.165) is 12.6 Å². The minimum absolute atomic E-state index is 0.508. The number of nitrogens with one attached hydrogen (secondary N) is 1. The van der Waals surface area contributed by atoms with E-state index in [1.54, 1.807) is 0 Å². The fraction of sp³-hybridized carbons (Fsp3) is 1.00. The van der Waals surface area contributed by atoms with Crippen LogP contribution >= 0.6 is 0 Å².